The van der Waals surface area contributed by atoms with E-state index >= 15 is 0 Å². The van der Waals surface area contributed by atoms with Gasteiger partial charge < -0.3 is 13.9 Å². The van der Waals surface area contributed by atoms with Crippen LogP contribution in [0.1, 0.15) is 5.56 Å². The fourth-order valence-corrected chi connectivity index (χ4v) is 2.64. The van der Waals surface area contributed by atoms with Crippen LogP contribution >= 0.6 is 0 Å². The van der Waals surface area contributed by atoms with Crippen molar-refractivity contribution in [2.24, 2.45) is 0 Å². The molecule has 0 aliphatic carbocycles. The van der Waals surface area contributed by atoms with Crippen LogP contribution in [0.5, 0.6) is 11.5 Å². The van der Waals surface area contributed by atoms with Gasteiger partial charge in [-0.15, -0.1) is 0 Å². The highest BCUT2D eigenvalue weighted by Gasteiger charge is 2.13. The van der Waals surface area contributed by atoms with Gasteiger partial charge in [0.25, 0.3) is 0 Å². The van der Waals surface area contributed by atoms with Gasteiger partial charge in [0.15, 0.2) is 0 Å². The standard InChI is InChI=1S/C19H14O4/c20-19-8-5-13-11-15(6-7-17(13)23-19)22-12-14-9-10-21-18-4-2-1-3-16(14)18/h1-9,11H,10,12H2. The first-order valence-electron chi connectivity index (χ1n) is 7.37. The van der Waals surface area contributed by atoms with Crippen molar-refractivity contribution in [1.82, 2.24) is 0 Å². The van der Waals surface area contributed by atoms with E-state index in [4.69, 9.17) is 13.9 Å². The lowest BCUT2D eigenvalue weighted by Crippen LogP contribution is -2.09. The number of rotatable bonds is 3. The Labute approximate surface area is 132 Å². The van der Waals surface area contributed by atoms with Crippen LogP contribution in [0.2, 0.25) is 0 Å². The lowest BCUT2D eigenvalue weighted by molar-refractivity contribution is 0.343. The van der Waals surface area contributed by atoms with Gasteiger partial charge in [-0.2, -0.15) is 0 Å². The highest BCUT2D eigenvalue weighted by molar-refractivity contribution is 5.78. The van der Waals surface area contributed by atoms with Gasteiger partial charge in [0.05, 0.1) is 0 Å². The summed E-state index contributed by atoms with van der Waals surface area (Å²) in [4.78, 5) is 11.2. The Hall–Kier alpha value is -3.01. The molecule has 4 rings (SSSR count). The van der Waals surface area contributed by atoms with Crippen LogP contribution in [0.15, 0.2) is 69.9 Å². The van der Waals surface area contributed by atoms with E-state index in [2.05, 4.69) is 0 Å². The van der Waals surface area contributed by atoms with E-state index in [1.165, 1.54) is 6.07 Å². The maximum Gasteiger partial charge on any atom is 0.336 e. The van der Waals surface area contributed by atoms with E-state index in [0.717, 1.165) is 28.0 Å². The van der Waals surface area contributed by atoms with Crippen LogP contribution in [0.4, 0.5) is 0 Å². The molecule has 0 N–H and O–H groups in total. The zero-order valence-electron chi connectivity index (χ0n) is 12.3. The van der Waals surface area contributed by atoms with Crippen molar-refractivity contribution in [3.05, 3.63) is 76.7 Å². The van der Waals surface area contributed by atoms with E-state index in [1.807, 2.05) is 36.4 Å². The summed E-state index contributed by atoms with van der Waals surface area (Å²) < 4.78 is 16.6. The summed E-state index contributed by atoms with van der Waals surface area (Å²) in [6, 6.07) is 16.5. The van der Waals surface area contributed by atoms with E-state index in [9.17, 15) is 4.79 Å². The first kappa shape index (κ1) is 13.6. The van der Waals surface area contributed by atoms with Crippen molar-refractivity contribution < 1.29 is 13.9 Å². The predicted octanol–water partition coefficient (Wildman–Crippen LogP) is 3.65. The minimum absolute atomic E-state index is 0.352. The number of ether oxygens (including phenoxy) is 2. The van der Waals surface area contributed by atoms with E-state index < -0.39 is 0 Å². The molecule has 3 aromatic rings. The zero-order chi connectivity index (χ0) is 15.6. The van der Waals surface area contributed by atoms with Crippen LogP contribution in [-0.4, -0.2) is 13.2 Å². The fraction of sp³-hybridized carbons (Fsp3) is 0.105. The molecule has 2 heterocycles. The molecule has 0 atom stereocenters. The lowest BCUT2D eigenvalue weighted by Gasteiger charge is -2.18. The molecule has 0 radical (unpaired) electrons. The van der Waals surface area contributed by atoms with Crippen molar-refractivity contribution in [3.8, 4) is 11.5 Å². The Balaban J connectivity index is 1.56. The van der Waals surface area contributed by atoms with E-state index in [1.54, 1.807) is 18.2 Å². The molecule has 0 bridgehead atoms. The van der Waals surface area contributed by atoms with E-state index in [0.29, 0.717) is 18.8 Å². The average molecular weight is 306 g/mol. The van der Waals surface area contributed by atoms with Gasteiger partial charge in [-0.05, 0) is 42.0 Å². The number of hydrogen-bond acceptors (Lipinski definition) is 4. The first-order chi connectivity index (χ1) is 11.3. The zero-order valence-corrected chi connectivity index (χ0v) is 12.3. The molecule has 1 aromatic heterocycles. The molecule has 114 valence electrons. The lowest BCUT2D eigenvalue weighted by atomic mass is 10.0. The first-order valence-corrected chi connectivity index (χ1v) is 7.37. The predicted molar refractivity (Wildman–Crippen MR) is 87.9 cm³/mol. The third-order valence-corrected chi connectivity index (χ3v) is 3.79. The Morgan fingerprint density at radius 2 is 1.96 bits per heavy atom. The average Bonchev–Trinajstić information content (AvgIpc) is 2.60. The third kappa shape index (κ3) is 2.71. The number of fused-ring (bicyclic) bond motifs is 2. The molecule has 1 aliphatic heterocycles. The second kappa shape index (κ2) is 5.65. The second-order valence-electron chi connectivity index (χ2n) is 5.28. The second-order valence-corrected chi connectivity index (χ2v) is 5.28. The molecule has 23 heavy (non-hydrogen) atoms. The molecule has 0 saturated heterocycles. The summed E-state index contributed by atoms with van der Waals surface area (Å²) in [6.45, 7) is 1.02. The molecule has 0 spiro atoms. The van der Waals surface area contributed by atoms with Gasteiger partial charge in [-0.3, -0.25) is 0 Å². The highest BCUT2D eigenvalue weighted by atomic mass is 16.5. The van der Waals surface area contributed by atoms with Gasteiger partial charge in [0.1, 0.15) is 30.3 Å². The topological polar surface area (TPSA) is 48.7 Å². The summed E-state index contributed by atoms with van der Waals surface area (Å²) in [5.74, 6) is 1.62. The van der Waals surface area contributed by atoms with Crippen molar-refractivity contribution in [1.29, 1.82) is 0 Å². The van der Waals surface area contributed by atoms with Crippen LogP contribution in [0.25, 0.3) is 16.5 Å². The fourth-order valence-electron chi connectivity index (χ4n) is 2.64. The third-order valence-electron chi connectivity index (χ3n) is 3.79. The van der Waals surface area contributed by atoms with Gasteiger partial charge in [0.2, 0.25) is 0 Å². The van der Waals surface area contributed by atoms with Crippen molar-refractivity contribution in [2.75, 3.05) is 13.2 Å². The van der Waals surface area contributed by atoms with Crippen LogP contribution in [0.3, 0.4) is 0 Å². The summed E-state index contributed by atoms with van der Waals surface area (Å²) in [5, 5.41) is 0.837. The Kier molecular flexibility index (Phi) is 3.35. The minimum atomic E-state index is -0.352. The maximum absolute atomic E-state index is 11.2. The number of para-hydroxylation sites is 1. The molecule has 0 unspecified atom stereocenters. The van der Waals surface area contributed by atoms with Crippen molar-refractivity contribution >= 4 is 16.5 Å². The van der Waals surface area contributed by atoms with Gasteiger partial charge in [0, 0.05) is 17.0 Å². The summed E-state index contributed by atoms with van der Waals surface area (Å²) in [7, 11) is 0. The molecular weight excluding hydrogens is 292 g/mol. The molecule has 1 aliphatic rings. The van der Waals surface area contributed by atoms with Gasteiger partial charge in [-0.25, -0.2) is 4.79 Å². The number of hydrogen-bond donors (Lipinski definition) is 0. The Morgan fingerprint density at radius 1 is 1.04 bits per heavy atom. The smallest absolute Gasteiger partial charge is 0.336 e. The van der Waals surface area contributed by atoms with Gasteiger partial charge >= 0.3 is 5.63 Å². The van der Waals surface area contributed by atoms with Gasteiger partial charge in [-0.1, -0.05) is 18.2 Å². The van der Waals surface area contributed by atoms with E-state index in [-0.39, 0.29) is 5.63 Å². The molecular formula is C19H14O4. The molecule has 4 nitrogen and oxygen atoms in total. The summed E-state index contributed by atoms with van der Waals surface area (Å²) >= 11 is 0. The van der Waals surface area contributed by atoms with Crippen LogP contribution in [0, 0.1) is 0 Å². The Bertz CT molecular complexity index is 953. The largest absolute Gasteiger partial charge is 0.489 e. The van der Waals surface area contributed by atoms with Crippen molar-refractivity contribution in [3.63, 3.8) is 0 Å². The molecule has 2 aromatic carbocycles. The minimum Gasteiger partial charge on any atom is -0.489 e. The normalized spacial score (nSPS) is 13.1. The SMILES string of the molecule is O=c1ccc2cc(OCC3=CCOc4ccccc43)ccc2o1. The molecule has 0 saturated carbocycles. The molecule has 0 amide bonds. The maximum atomic E-state index is 11.2. The quantitative estimate of drug-likeness (QED) is 0.693. The molecule has 4 heteroatoms. The van der Waals surface area contributed by atoms with Crippen LogP contribution in [-0.2, 0) is 0 Å². The number of benzene rings is 2. The van der Waals surface area contributed by atoms with Crippen LogP contribution < -0.4 is 15.1 Å². The summed E-state index contributed by atoms with van der Waals surface area (Å²) in [5.41, 5.74) is 2.37. The molecule has 0 fully saturated rings. The monoisotopic (exact) mass is 306 g/mol. The summed E-state index contributed by atoms with van der Waals surface area (Å²) in [6.07, 6.45) is 2.03. The van der Waals surface area contributed by atoms with Crippen molar-refractivity contribution in [2.45, 2.75) is 0 Å². The Morgan fingerprint density at radius 3 is 2.91 bits per heavy atom. The highest BCUT2D eigenvalue weighted by Crippen LogP contribution is 2.30.